The number of nitrogens with zero attached hydrogens (tertiary/aromatic N) is 1. The Balaban J connectivity index is 1.81. The summed E-state index contributed by atoms with van der Waals surface area (Å²) in [5.74, 6) is 0.814. The Labute approximate surface area is 109 Å². The summed E-state index contributed by atoms with van der Waals surface area (Å²) in [6.45, 7) is 3.98. The lowest BCUT2D eigenvalue weighted by atomic mass is 10.0. The molecule has 6 heteroatoms. The van der Waals surface area contributed by atoms with Gasteiger partial charge in [-0.25, -0.2) is 13.2 Å². The van der Waals surface area contributed by atoms with Crippen molar-refractivity contribution >= 4 is 15.9 Å². The number of carbonyl (C=O) groups excluding carboxylic acids is 1. The number of piperidine rings is 1. The minimum absolute atomic E-state index is 0.108. The smallest absolute Gasteiger partial charge is 0.317 e. The van der Waals surface area contributed by atoms with Crippen LogP contribution >= 0.6 is 0 Å². The lowest BCUT2D eigenvalue weighted by Crippen LogP contribution is -2.47. The van der Waals surface area contributed by atoms with Gasteiger partial charge in [-0.05, 0) is 31.6 Å². The molecule has 18 heavy (non-hydrogen) atoms. The number of nitrogens with one attached hydrogen (secondary N) is 1. The summed E-state index contributed by atoms with van der Waals surface area (Å²) in [5.41, 5.74) is 0. The van der Waals surface area contributed by atoms with Gasteiger partial charge in [0.25, 0.3) is 0 Å². The van der Waals surface area contributed by atoms with E-state index in [1.165, 1.54) is 6.42 Å². The van der Waals surface area contributed by atoms with Crippen LogP contribution in [-0.2, 0) is 9.84 Å². The highest BCUT2D eigenvalue weighted by Gasteiger charge is 2.32. The Kier molecular flexibility index (Phi) is 4.14. The first-order chi connectivity index (χ1) is 8.49. The number of hydrogen-bond donors (Lipinski definition) is 1. The molecule has 0 saturated carbocycles. The molecule has 0 radical (unpaired) electrons. The molecule has 2 heterocycles. The van der Waals surface area contributed by atoms with Crippen molar-refractivity contribution in [2.45, 2.75) is 37.9 Å². The molecule has 1 N–H and O–H groups in total. The lowest BCUT2D eigenvalue weighted by molar-refractivity contribution is 0.170. The fraction of sp³-hybridized carbons (Fsp3) is 0.917. The van der Waals surface area contributed by atoms with Gasteiger partial charge in [0.1, 0.15) is 0 Å². The van der Waals surface area contributed by atoms with E-state index in [-0.39, 0.29) is 23.6 Å². The monoisotopic (exact) mass is 274 g/mol. The second-order valence-electron chi connectivity index (χ2n) is 5.51. The quantitative estimate of drug-likeness (QED) is 0.817. The Morgan fingerprint density at radius 2 is 2.11 bits per heavy atom. The Morgan fingerprint density at radius 1 is 1.33 bits per heavy atom. The third kappa shape index (κ3) is 3.16. The molecule has 0 aromatic heterocycles. The van der Waals surface area contributed by atoms with Gasteiger partial charge in [-0.15, -0.1) is 0 Å². The van der Waals surface area contributed by atoms with Crippen molar-refractivity contribution in [3.8, 4) is 0 Å². The van der Waals surface area contributed by atoms with Crippen LogP contribution in [0.3, 0.4) is 0 Å². The van der Waals surface area contributed by atoms with Gasteiger partial charge in [-0.1, -0.05) is 6.92 Å². The van der Waals surface area contributed by atoms with Gasteiger partial charge < -0.3 is 10.2 Å². The molecule has 0 aromatic rings. The first-order valence-electron chi connectivity index (χ1n) is 6.73. The molecule has 104 valence electrons. The molecule has 0 spiro atoms. The van der Waals surface area contributed by atoms with Crippen LogP contribution in [0.15, 0.2) is 0 Å². The van der Waals surface area contributed by atoms with Gasteiger partial charge in [0.05, 0.1) is 11.0 Å². The molecule has 0 aromatic carbocycles. The summed E-state index contributed by atoms with van der Waals surface area (Å²) < 4.78 is 23.3. The van der Waals surface area contributed by atoms with Gasteiger partial charge in [0, 0.05) is 19.6 Å². The highest BCUT2D eigenvalue weighted by molar-refractivity contribution is 7.92. The van der Waals surface area contributed by atoms with Gasteiger partial charge in [0.15, 0.2) is 9.84 Å². The van der Waals surface area contributed by atoms with Crippen molar-refractivity contribution in [2.75, 3.05) is 25.4 Å². The average molecular weight is 274 g/mol. The first kappa shape index (κ1) is 13.6. The number of sulfone groups is 1. The van der Waals surface area contributed by atoms with Crippen LogP contribution in [0.1, 0.15) is 32.6 Å². The largest absolute Gasteiger partial charge is 0.337 e. The minimum atomic E-state index is -2.96. The van der Waals surface area contributed by atoms with Crippen molar-refractivity contribution in [2.24, 2.45) is 5.92 Å². The molecule has 2 aliphatic rings. The van der Waals surface area contributed by atoms with Crippen LogP contribution in [0.5, 0.6) is 0 Å². The number of urea groups is 1. The number of likely N-dealkylation sites (tertiary alicyclic amines) is 1. The maximum Gasteiger partial charge on any atom is 0.317 e. The van der Waals surface area contributed by atoms with Crippen LogP contribution in [0.25, 0.3) is 0 Å². The van der Waals surface area contributed by atoms with Crippen molar-refractivity contribution < 1.29 is 13.2 Å². The van der Waals surface area contributed by atoms with Gasteiger partial charge in [0.2, 0.25) is 0 Å². The summed E-state index contributed by atoms with van der Waals surface area (Å²) >= 11 is 0. The Morgan fingerprint density at radius 3 is 2.72 bits per heavy atom. The van der Waals surface area contributed by atoms with Crippen molar-refractivity contribution in [3.05, 3.63) is 0 Å². The molecule has 0 aliphatic carbocycles. The fourth-order valence-electron chi connectivity index (χ4n) is 2.77. The third-order valence-electron chi connectivity index (χ3n) is 3.89. The predicted octanol–water partition coefficient (Wildman–Crippen LogP) is 1.01. The highest BCUT2D eigenvalue weighted by atomic mass is 32.2. The molecule has 2 unspecified atom stereocenters. The zero-order chi connectivity index (χ0) is 13.2. The van der Waals surface area contributed by atoms with E-state index in [9.17, 15) is 13.2 Å². The highest BCUT2D eigenvalue weighted by Crippen LogP contribution is 2.19. The molecular formula is C12H22N2O3S. The number of amides is 2. The van der Waals surface area contributed by atoms with Crippen molar-refractivity contribution in [1.82, 2.24) is 10.2 Å². The van der Waals surface area contributed by atoms with Crippen LogP contribution in [-0.4, -0.2) is 50.0 Å². The maximum absolute atomic E-state index is 11.9. The zero-order valence-electron chi connectivity index (χ0n) is 10.9. The number of carbonyl (C=O) groups is 1. The van der Waals surface area contributed by atoms with E-state index in [0.717, 1.165) is 25.9 Å². The normalized spacial score (nSPS) is 31.3. The van der Waals surface area contributed by atoms with Gasteiger partial charge in [-0.2, -0.15) is 0 Å². The molecule has 0 bridgehead atoms. The van der Waals surface area contributed by atoms with Crippen LogP contribution in [0, 0.1) is 5.92 Å². The van der Waals surface area contributed by atoms with E-state index < -0.39 is 9.84 Å². The van der Waals surface area contributed by atoms with E-state index in [4.69, 9.17) is 0 Å². The summed E-state index contributed by atoms with van der Waals surface area (Å²) in [6, 6.07) is -0.108. The zero-order valence-corrected chi connectivity index (χ0v) is 11.7. The van der Waals surface area contributed by atoms with E-state index in [1.54, 1.807) is 4.90 Å². The van der Waals surface area contributed by atoms with E-state index in [1.807, 2.05) is 0 Å². The van der Waals surface area contributed by atoms with Crippen LogP contribution < -0.4 is 5.32 Å². The topological polar surface area (TPSA) is 66.5 Å². The van der Waals surface area contributed by atoms with E-state index in [2.05, 4.69) is 12.2 Å². The van der Waals surface area contributed by atoms with Gasteiger partial charge in [-0.3, -0.25) is 0 Å². The minimum Gasteiger partial charge on any atom is -0.337 e. The Bertz CT molecular complexity index is 408. The molecule has 2 atom stereocenters. The van der Waals surface area contributed by atoms with Crippen molar-refractivity contribution in [3.63, 3.8) is 0 Å². The molecular weight excluding hydrogens is 252 g/mol. The van der Waals surface area contributed by atoms with Crippen molar-refractivity contribution in [1.29, 1.82) is 0 Å². The Hall–Kier alpha value is -0.780. The molecule has 5 nitrogen and oxygen atoms in total. The fourth-order valence-corrected chi connectivity index (χ4v) is 4.54. The SMILES string of the molecule is CC1CCCN(C(=O)NCC2CCCS2(=O)=O)C1. The summed E-state index contributed by atoms with van der Waals surface area (Å²) in [4.78, 5) is 13.7. The van der Waals surface area contributed by atoms with E-state index in [0.29, 0.717) is 12.3 Å². The molecule has 2 fully saturated rings. The predicted molar refractivity (Wildman–Crippen MR) is 70.2 cm³/mol. The average Bonchev–Trinajstić information content (AvgIpc) is 2.65. The summed E-state index contributed by atoms with van der Waals surface area (Å²) in [7, 11) is -2.96. The van der Waals surface area contributed by atoms with Crippen LogP contribution in [0.2, 0.25) is 0 Å². The second-order valence-corrected chi connectivity index (χ2v) is 7.91. The third-order valence-corrected chi connectivity index (χ3v) is 6.16. The standard InChI is InChI=1S/C12H22N2O3S/c1-10-4-2-6-14(9-10)12(15)13-8-11-5-3-7-18(11,16)17/h10-11H,2-9H2,1H3,(H,13,15). The molecule has 2 aliphatic heterocycles. The first-order valence-corrected chi connectivity index (χ1v) is 8.45. The maximum atomic E-state index is 11.9. The molecule has 2 amide bonds. The molecule has 2 saturated heterocycles. The van der Waals surface area contributed by atoms with E-state index >= 15 is 0 Å². The number of rotatable bonds is 2. The second kappa shape index (κ2) is 5.47. The van der Waals surface area contributed by atoms with Gasteiger partial charge >= 0.3 is 6.03 Å². The summed E-state index contributed by atoms with van der Waals surface area (Å²) in [5, 5.41) is 2.41. The summed E-state index contributed by atoms with van der Waals surface area (Å²) in [6.07, 6.45) is 3.61. The van der Waals surface area contributed by atoms with Crippen LogP contribution in [0.4, 0.5) is 4.79 Å². The molecule has 2 rings (SSSR count). The lowest BCUT2D eigenvalue weighted by Gasteiger charge is -2.31. The number of hydrogen-bond acceptors (Lipinski definition) is 3.